The number of rotatable bonds is 5. The fourth-order valence-corrected chi connectivity index (χ4v) is 5.37. The topological polar surface area (TPSA) is 64.3 Å². The molecule has 1 atom stereocenters. The van der Waals surface area contributed by atoms with Crippen LogP contribution in [0.3, 0.4) is 0 Å². The van der Waals surface area contributed by atoms with Crippen molar-refractivity contribution in [2.75, 3.05) is 7.11 Å². The zero-order valence-corrected chi connectivity index (χ0v) is 15.9. The van der Waals surface area contributed by atoms with Crippen LogP contribution in [-0.2, 0) is 0 Å². The van der Waals surface area contributed by atoms with Crippen molar-refractivity contribution in [1.82, 2.24) is 5.32 Å². The fraction of sp³-hybridized carbons (Fsp3) is 0.526. The number of hydrogen-bond donors (Lipinski definition) is 2. The molecular weight excluding hydrogens is 356 g/mol. The Kier molecular flexibility index (Phi) is 4.42. The van der Waals surface area contributed by atoms with Crippen molar-refractivity contribution in [2.45, 2.75) is 50.1 Å². The first-order valence-corrected chi connectivity index (χ1v) is 10.1. The van der Waals surface area contributed by atoms with Crippen molar-refractivity contribution in [3.05, 3.63) is 28.1 Å². The van der Waals surface area contributed by atoms with Crippen molar-refractivity contribution < 1.29 is 9.53 Å². The Hall–Kier alpha value is -1.30. The lowest BCUT2D eigenvalue weighted by Crippen LogP contribution is -2.53. The summed E-state index contributed by atoms with van der Waals surface area (Å²) in [5.74, 6) is 1.10. The predicted molar refractivity (Wildman–Crippen MR) is 103 cm³/mol. The molecule has 2 aromatic rings. The zero-order chi connectivity index (χ0) is 17.6. The summed E-state index contributed by atoms with van der Waals surface area (Å²) in [4.78, 5) is 13.6. The van der Waals surface area contributed by atoms with Crippen LogP contribution in [0.5, 0.6) is 5.75 Å². The average molecular weight is 379 g/mol. The maximum atomic E-state index is 12.9. The SMILES string of the molecule is COc1ccc2cc(C(=O)NC(C3CCCC3)C3(N)CC3)sc2c1Cl. The fourth-order valence-electron chi connectivity index (χ4n) is 4.01. The first-order valence-electron chi connectivity index (χ1n) is 8.87. The van der Waals surface area contributed by atoms with Crippen molar-refractivity contribution >= 4 is 38.9 Å². The number of hydrogen-bond acceptors (Lipinski definition) is 4. The van der Waals surface area contributed by atoms with Crippen LogP contribution in [-0.4, -0.2) is 24.6 Å². The lowest BCUT2D eigenvalue weighted by molar-refractivity contribution is 0.0912. The third kappa shape index (κ3) is 3.14. The van der Waals surface area contributed by atoms with E-state index in [4.69, 9.17) is 22.1 Å². The van der Waals surface area contributed by atoms with E-state index in [0.29, 0.717) is 21.6 Å². The van der Waals surface area contributed by atoms with Crippen LogP contribution in [0.4, 0.5) is 0 Å². The Balaban J connectivity index is 1.59. The maximum absolute atomic E-state index is 12.9. The van der Waals surface area contributed by atoms with Gasteiger partial charge in [-0.3, -0.25) is 4.79 Å². The van der Waals surface area contributed by atoms with Gasteiger partial charge in [-0.15, -0.1) is 11.3 Å². The highest BCUT2D eigenvalue weighted by atomic mass is 35.5. The lowest BCUT2D eigenvalue weighted by Gasteiger charge is -2.30. The van der Waals surface area contributed by atoms with E-state index in [-0.39, 0.29) is 17.5 Å². The molecule has 4 rings (SSSR count). The Morgan fingerprint density at radius 2 is 2.12 bits per heavy atom. The summed E-state index contributed by atoms with van der Waals surface area (Å²) in [5, 5.41) is 4.79. The van der Waals surface area contributed by atoms with Crippen molar-refractivity contribution in [3.8, 4) is 5.75 Å². The zero-order valence-electron chi connectivity index (χ0n) is 14.3. The molecule has 1 aromatic carbocycles. The van der Waals surface area contributed by atoms with Gasteiger partial charge in [0.1, 0.15) is 10.8 Å². The van der Waals surface area contributed by atoms with E-state index < -0.39 is 0 Å². The number of amides is 1. The first kappa shape index (κ1) is 17.1. The van der Waals surface area contributed by atoms with Crippen LogP contribution in [0, 0.1) is 5.92 Å². The second-order valence-electron chi connectivity index (χ2n) is 7.34. The molecule has 1 amide bonds. The molecule has 0 saturated heterocycles. The van der Waals surface area contributed by atoms with Gasteiger partial charge in [-0.25, -0.2) is 0 Å². The summed E-state index contributed by atoms with van der Waals surface area (Å²) in [6, 6.07) is 5.76. The standard InChI is InChI=1S/C19H23ClN2O2S/c1-24-13-7-6-12-10-14(25-16(12)15(13)20)18(23)22-17(19(21)8-9-19)11-4-2-3-5-11/h6-7,10-11,17H,2-5,8-9,21H2,1H3,(H,22,23). The second-order valence-corrected chi connectivity index (χ2v) is 8.77. The second kappa shape index (κ2) is 6.45. The van der Waals surface area contributed by atoms with Crippen LogP contribution in [0.15, 0.2) is 18.2 Å². The van der Waals surface area contributed by atoms with E-state index in [1.807, 2.05) is 18.2 Å². The minimum atomic E-state index is -0.206. The van der Waals surface area contributed by atoms with Crippen molar-refractivity contribution in [1.29, 1.82) is 0 Å². The third-order valence-corrected chi connectivity index (χ3v) is 7.29. The number of carbonyl (C=O) groups is 1. The number of nitrogens with two attached hydrogens (primary N) is 1. The summed E-state index contributed by atoms with van der Waals surface area (Å²) >= 11 is 7.80. The number of fused-ring (bicyclic) bond motifs is 1. The Labute approximate surface area is 156 Å². The summed E-state index contributed by atoms with van der Waals surface area (Å²) in [7, 11) is 1.59. The summed E-state index contributed by atoms with van der Waals surface area (Å²) < 4.78 is 6.15. The number of benzene rings is 1. The van der Waals surface area contributed by atoms with E-state index in [9.17, 15) is 4.79 Å². The average Bonchev–Trinajstić information content (AvgIpc) is 3.05. The van der Waals surface area contributed by atoms with Gasteiger partial charge in [0.25, 0.3) is 5.91 Å². The van der Waals surface area contributed by atoms with Crippen LogP contribution < -0.4 is 15.8 Å². The van der Waals surface area contributed by atoms with Crippen molar-refractivity contribution in [3.63, 3.8) is 0 Å². The Bertz CT molecular complexity index is 809. The molecule has 1 unspecified atom stereocenters. The summed E-state index contributed by atoms with van der Waals surface area (Å²) in [6.07, 6.45) is 6.82. The molecule has 1 aromatic heterocycles. The van der Waals surface area contributed by atoms with E-state index in [0.717, 1.165) is 22.9 Å². The maximum Gasteiger partial charge on any atom is 0.261 e. The highest BCUT2D eigenvalue weighted by molar-refractivity contribution is 7.21. The third-order valence-electron chi connectivity index (χ3n) is 5.64. The molecule has 0 radical (unpaired) electrons. The van der Waals surface area contributed by atoms with Gasteiger partial charge in [-0.1, -0.05) is 24.4 Å². The van der Waals surface area contributed by atoms with E-state index >= 15 is 0 Å². The van der Waals surface area contributed by atoms with Crippen LogP contribution >= 0.6 is 22.9 Å². The minimum absolute atomic E-state index is 0.0372. The molecule has 1 heterocycles. The first-order chi connectivity index (χ1) is 12.0. The minimum Gasteiger partial charge on any atom is -0.495 e. The normalized spacial score (nSPS) is 20.6. The highest BCUT2D eigenvalue weighted by Gasteiger charge is 2.50. The molecule has 3 N–H and O–H groups in total. The monoisotopic (exact) mass is 378 g/mol. The molecule has 0 spiro atoms. The predicted octanol–water partition coefficient (Wildman–Crippen LogP) is 4.34. The number of carbonyl (C=O) groups excluding carboxylic acids is 1. The van der Waals surface area contributed by atoms with Crippen LogP contribution in [0.2, 0.25) is 5.02 Å². The van der Waals surface area contributed by atoms with Gasteiger partial charge in [0.05, 0.1) is 16.7 Å². The molecule has 134 valence electrons. The molecule has 2 saturated carbocycles. The van der Waals surface area contributed by atoms with Crippen molar-refractivity contribution in [2.24, 2.45) is 11.7 Å². The van der Waals surface area contributed by atoms with Gasteiger partial charge >= 0.3 is 0 Å². The lowest BCUT2D eigenvalue weighted by atomic mass is 9.90. The molecule has 0 bridgehead atoms. The number of halogens is 1. The molecule has 4 nitrogen and oxygen atoms in total. The Morgan fingerprint density at radius 3 is 2.76 bits per heavy atom. The van der Waals surface area contributed by atoms with E-state index in [1.165, 1.54) is 37.0 Å². The Morgan fingerprint density at radius 1 is 1.40 bits per heavy atom. The largest absolute Gasteiger partial charge is 0.495 e. The molecule has 6 heteroatoms. The quantitative estimate of drug-likeness (QED) is 0.813. The van der Waals surface area contributed by atoms with Gasteiger partial charge in [0, 0.05) is 11.6 Å². The molecule has 0 aliphatic heterocycles. The van der Waals surface area contributed by atoms with E-state index in [1.54, 1.807) is 7.11 Å². The van der Waals surface area contributed by atoms with Crippen LogP contribution in [0.1, 0.15) is 48.2 Å². The van der Waals surface area contributed by atoms with Gasteiger partial charge < -0.3 is 15.8 Å². The van der Waals surface area contributed by atoms with Gasteiger partial charge in [-0.05, 0) is 55.2 Å². The molecule has 25 heavy (non-hydrogen) atoms. The number of ether oxygens (including phenoxy) is 1. The number of thiophene rings is 1. The molecular formula is C19H23ClN2O2S. The number of methoxy groups -OCH3 is 1. The van der Waals surface area contributed by atoms with E-state index in [2.05, 4.69) is 5.32 Å². The smallest absolute Gasteiger partial charge is 0.261 e. The van der Waals surface area contributed by atoms with Gasteiger partial charge in [0.15, 0.2) is 0 Å². The highest BCUT2D eigenvalue weighted by Crippen LogP contribution is 2.43. The van der Waals surface area contributed by atoms with Gasteiger partial charge in [0.2, 0.25) is 0 Å². The molecule has 2 fully saturated rings. The number of nitrogens with one attached hydrogen (secondary N) is 1. The summed E-state index contributed by atoms with van der Waals surface area (Å²) in [5.41, 5.74) is 6.28. The summed E-state index contributed by atoms with van der Waals surface area (Å²) in [6.45, 7) is 0. The van der Waals surface area contributed by atoms with Gasteiger partial charge in [-0.2, -0.15) is 0 Å². The molecule has 2 aliphatic carbocycles. The van der Waals surface area contributed by atoms with Crippen LogP contribution in [0.25, 0.3) is 10.1 Å². The molecule has 2 aliphatic rings.